The molecule has 88 valence electrons. The Kier molecular flexibility index (Phi) is 2.14. The Morgan fingerprint density at radius 1 is 1.41 bits per heavy atom. The van der Waals surface area contributed by atoms with Crippen molar-refractivity contribution in [2.75, 3.05) is 0 Å². The Morgan fingerprint density at radius 3 is 3.06 bits per heavy atom. The first kappa shape index (κ1) is 10.3. The second-order valence-corrected chi connectivity index (χ2v) is 4.42. The van der Waals surface area contributed by atoms with Gasteiger partial charge in [-0.25, -0.2) is 4.39 Å². The highest BCUT2D eigenvalue weighted by atomic mass is 19.1. The molecule has 17 heavy (non-hydrogen) atoms. The van der Waals surface area contributed by atoms with E-state index in [4.69, 9.17) is 0 Å². The van der Waals surface area contributed by atoms with Crippen LogP contribution < -0.4 is 5.32 Å². The highest BCUT2D eigenvalue weighted by Crippen LogP contribution is 2.33. The molecule has 0 saturated heterocycles. The Morgan fingerprint density at radius 2 is 2.24 bits per heavy atom. The average molecular weight is 234 g/mol. The van der Waals surface area contributed by atoms with Crippen LogP contribution in [0, 0.1) is 5.82 Å². The van der Waals surface area contributed by atoms with Gasteiger partial charge in [0.05, 0.1) is 0 Å². The number of nitrogens with one attached hydrogen (secondary N) is 1. The van der Waals surface area contributed by atoms with E-state index in [9.17, 15) is 14.0 Å². The molecule has 1 aromatic rings. The van der Waals surface area contributed by atoms with Gasteiger partial charge in [0.25, 0.3) is 0 Å². The minimum Gasteiger partial charge on any atom is -0.338 e. The quantitative estimate of drug-likeness (QED) is 0.730. The minimum atomic E-state index is -0.342. The molecule has 1 aromatic heterocycles. The first-order valence-electron chi connectivity index (χ1n) is 5.53. The summed E-state index contributed by atoms with van der Waals surface area (Å²) in [6, 6.07) is 1.44. The Hall–Kier alpha value is -1.91. The summed E-state index contributed by atoms with van der Waals surface area (Å²) in [7, 11) is 0. The standard InChI is InChI=1S/C12H11FN2O2/c13-7-3-11-9-2-1-8(16)4-10(9)14-12(17)6-15(11)5-7/h3-5,9H,1-2,6H2,(H,14,17). The molecule has 0 bridgehead atoms. The van der Waals surface area contributed by atoms with Crippen molar-refractivity contribution in [2.45, 2.75) is 25.3 Å². The Balaban J connectivity index is 2.13. The summed E-state index contributed by atoms with van der Waals surface area (Å²) in [5.74, 6) is -0.628. The van der Waals surface area contributed by atoms with Gasteiger partial charge in [-0.15, -0.1) is 0 Å². The third-order valence-electron chi connectivity index (χ3n) is 3.22. The highest BCUT2D eigenvalue weighted by Gasteiger charge is 2.30. The lowest BCUT2D eigenvalue weighted by Crippen LogP contribution is -2.27. The van der Waals surface area contributed by atoms with Gasteiger partial charge < -0.3 is 9.88 Å². The van der Waals surface area contributed by atoms with Crippen LogP contribution >= 0.6 is 0 Å². The molecule has 1 atom stereocenters. The lowest BCUT2D eigenvalue weighted by molar-refractivity contribution is -0.120. The molecule has 0 aromatic carbocycles. The molecule has 1 N–H and O–H groups in total. The minimum absolute atomic E-state index is 0.0111. The Bertz CT molecular complexity index is 545. The molecule has 0 saturated carbocycles. The van der Waals surface area contributed by atoms with E-state index in [0.29, 0.717) is 18.5 Å². The van der Waals surface area contributed by atoms with Crippen molar-refractivity contribution in [3.8, 4) is 0 Å². The fraction of sp³-hybridized carbons (Fsp3) is 0.333. The average Bonchev–Trinajstić information content (AvgIpc) is 2.53. The summed E-state index contributed by atoms with van der Waals surface area (Å²) in [5.41, 5.74) is 1.36. The largest absolute Gasteiger partial charge is 0.338 e. The fourth-order valence-electron chi connectivity index (χ4n) is 2.50. The summed E-state index contributed by atoms with van der Waals surface area (Å²) in [6.07, 6.45) is 3.85. The molecule has 1 aliphatic heterocycles. The van der Waals surface area contributed by atoms with Crippen LogP contribution in [0.15, 0.2) is 24.0 Å². The molecule has 1 amide bonds. The number of hydrogen-bond acceptors (Lipinski definition) is 2. The van der Waals surface area contributed by atoms with Gasteiger partial charge in [0.15, 0.2) is 5.78 Å². The van der Waals surface area contributed by atoms with Gasteiger partial charge in [-0.2, -0.15) is 0 Å². The van der Waals surface area contributed by atoms with Crippen LogP contribution in [0.2, 0.25) is 0 Å². The number of fused-ring (bicyclic) bond motifs is 3. The first-order valence-corrected chi connectivity index (χ1v) is 5.53. The molecule has 2 aliphatic rings. The van der Waals surface area contributed by atoms with E-state index in [1.807, 2.05) is 0 Å². The number of hydrogen-bond donors (Lipinski definition) is 1. The molecular formula is C12H11FN2O2. The van der Waals surface area contributed by atoms with E-state index in [1.165, 1.54) is 18.3 Å². The zero-order chi connectivity index (χ0) is 12.0. The number of carbonyl (C=O) groups is 2. The number of nitrogens with zero attached hydrogens (tertiary/aromatic N) is 1. The van der Waals surface area contributed by atoms with Crippen LogP contribution in [0.1, 0.15) is 24.5 Å². The monoisotopic (exact) mass is 234 g/mol. The maximum absolute atomic E-state index is 13.2. The van der Waals surface area contributed by atoms with Gasteiger partial charge in [-0.1, -0.05) is 0 Å². The van der Waals surface area contributed by atoms with E-state index < -0.39 is 0 Å². The molecule has 1 unspecified atom stereocenters. The van der Waals surface area contributed by atoms with Crippen molar-refractivity contribution >= 4 is 11.7 Å². The van der Waals surface area contributed by atoms with E-state index >= 15 is 0 Å². The van der Waals surface area contributed by atoms with Crippen LogP contribution in [-0.4, -0.2) is 16.3 Å². The van der Waals surface area contributed by atoms with Crippen LogP contribution in [0.4, 0.5) is 4.39 Å². The summed E-state index contributed by atoms with van der Waals surface area (Å²) in [6.45, 7) is 0.0985. The second kappa shape index (κ2) is 3.55. The highest BCUT2D eigenvalue weighted by molar-refractivity contribution is 5.93. The molecule has 5 heteroatoms. The SMILES string of the molecule is O=C1C=C2NC(=O)Cn3cc(F)cc3C2CC1. The maximum Gasteiger partial charge on any atom is 0.244 e. The van der Waals surface area contributed by atoms with Gasteiger partial charge in [0, 0.05) is 36.0 Å². The van der Waals surface area contributed by atoms with E-state index in [-0.39, 0.29) is 30.0 Å². The summed E-state index contributed by atoms with van der Waals surface area (Å²) >= 11 is 0. The lowest BCUT2D eigenvalue weighted by atomic mass is 9.89. The normalized spacial score (nSPS) is 23.4. The van der Waals surface area contributed by atoms with Crippen molar-refractivity contribution in [3.63, 3.8) is 0 Å². The number of amides is 1. The van der Waals surface area contributed by atoms with Crippen molar-refractivity contribution in [3.05, 3.63) is 35.5 Å². The third-order valence-corrected chi connectivity index (χ3v) is 3.22. The molecule has 1 aliphatic carbocycles. The van der Waals surface area contributed by atoms with Crippen LogP contribution in [0.25, 0.3) is 0 Å². The second-order valence-electron chi connectivity index (χ2n) is 4.42. The molecule has 0 radical (unpaired) electrons. The van der Waals surface area contributed by atoms with Gasteiger partial charge in [-0.3, -0.25) is 9.59 Å². The smallest absolute Gasteiger partial charge is 0.244 e. The zero-order valence-corrected chi connectivity index (χ0v) is 9.07. The number of allylic oxidation sites excluding steroid dienone is 2. The predicted octanol–water partition coefficient (Wildman–Crippen LogP) is 1.09. The van der Waals surface area contributed by atoms with E-state index in [2.05, 4.69) is 5.32 Å². The van der Waals surface area contributed by atoms with Gasteiger partial charge in [0.1, 0.15) is 12.4 Å². The van der Waals surface area contributed by atoms with E-state index in [1.54, 1.807) is 4.57 Å². The fourth-order valence-corrected chi connectivity index (χ4v) is 2.50. The van der Waals surface area contributed by atoms with Crippen LogP contribution in [-0.2, 0) is 16.1 Å². The van der Waals surface area contributed by atoms with Crippen molar-refractivity contribution in [1.82, 2.24) is 9.88 Å². The molecule has 4 nitrogen and oxygen atoms in total. The van der Waals surface area contributed by atoms with Gasteiger partial charge in [0.2, 0.25) is 5.91 Å². The topological polar surface area (TPSA) is 51.1 Å². The number of aromatic nitrogens is 1. The first-order chi connectivity index (χ1) is 8.13. The Labute approximate surface area is 97.1 Å². The van der Waals surface area contributed by atoms with Crippen molar-refractivity contribution in [2.24, 2.45) is 0 Å². The van der Waals surface area contributed by atoms with Crippen molar-refractivity contribution in [1.29, 1.82) is 0 Å². The molecular weight excluding hydrogens is 223 g/mol. The van der Waals surface area contributed by atoms with Gasteiger partial charge >= 0.3 is 0 Å². The lowest BCUT2D eigenvalue weighted by Gasteiger charge is -2.21. The van der Waals surface area contributed by atoms with Crippen molar-refractivity contribution < 1.29 is 14.0 Å². The summed E-state index contributed by atoms with van der Waals surface area (Å²) in [5, 5.41) is 2.72. The number of halogens is 1. The summed E-state index contributed by atoms with van der Waals surface area (Å²) in [4.78, 5) is 23.0. The molecule has 3 rings (SSSR count). The molecule has 0 spiro atoms. The van der Waals surface area contributed by atoms with Crippen LogP contribution in [0.5, 0.6) is 0 Å². The molecule has 0 fully saturated rings. The predicted molar refractivity (Wildman–Crippen MR) is 57.6 cm³/mol. The summed E-state index contributed by atoms with van der Waals surface area (Å²) < 4.78 is 14.9. The number of carbonyl (C=O) groups excluding carboxylic acids is 2. The van der Waals surface area contributed by atoms with E-state index in [0.717, 1.165) is 5.69 Å². The van der Waals surface area contributed by atoms with Gasteiger partial charge in [-0.05, 0) is 12.5 Å². The molecule has 2 heterocycles. The maximum atomic E-state index is 13.2. The van der Waals surface area contributed by atoms with Crippen LogP contribution in [0.3, 0.4) is 0 Å². The number of ketones is 1. The number of rotatable bonds is 0. The third kappa shape index (κ3) is 1.67. The zero-order valence-electron chi connectivity index (χ0n) is 9.07.